The van der Waals surface area contributed by atoms with E-state index in [1.54, 1.807) is 52.0 Å². The number of carbonyl (C=O) groups is 7. The number of fused-ring (bicyclic) bond motifs is 2. The summed E-state index contributed by atoms with van der Waals surface area (Å²) in [5.74, 6) is -1.35. The fraction of sp³-hybridized carbons (Fsp3) is 0.652. The van der Waals surface area contributed by atoms with Crippen LogP contribution < -0.4 is 37.0 Å². The number of ether oxygens (including phenoxy) is 5. The number of aliphatic hydroxyl groups is 2. The van der Waals surface area contributed by atoms with Crippen LogP contribution in [0, 0.1) is 79.6 Å². The van der Waals surface area contributed by atoms with E-state index in [2.05, 4.69) is 24.6 Å². The normalized spacial score (nSPS) is 35.7. The van der Waals surface area contributed by atoms with Crippen molar-refractivity contribution in [3.05, 3.63) is 71.3 Å². The number of esters is 3. The Hall–Kier alpha value is -6.08. The Labute approximate surface area is 530 Å². The highest BCUT2D eigenvalue weighted by molar-refractivity contribution is 6.62. The van der Waals surface area contributed by atoms with Gasteiger partial charge < -0.3 is 58.6 Å². The van der Waals surface area contributed by atoms with E-state index in [-0.39, 0.29) is 90.3 Å². The number of hydrogen-bond acceptors (Lipinski definition) is 19. The molecule has 2 aliphatic heterocycles. The molecule has 6 saturated carbocycles. The van der Waals surface area contributed by atoms with Gasteiger partial charge in [-0.25, -0.2) is 24.2 Å². The van der Waals surface area contributed by atoms with Crippen molar-refractivity contribution in [1.82, 2.24) is 10.7 Å². The van der Waals surface area contributed by atoms with E-state index in [0.29, 0.717) is 36.8 Å². The van der Waals surface area contributed by atoms with Crippen molar-refractivity contribution < 1.29 is 95.6 Å². The Bertz CT molecular complexity index is 3260. The molecule has 0 unspecified atom stereocenters. The molecule has 0 spiro atoms. The second-order valence-corrected chi connectivity index (χ2v) is 29.0. The number of aliphatic hydroxyl groups excluding tert-OH is 2. The average Bonchev–Trinajstić information content (AvgIpc) is 1.68. The lowest BCUT2D eigenvalue weighted by molar-refractivity contribution is -0.207. The van der Waals surface area contributed by atoms with Crippen molar-refractivity contribution in [2.75, 3.05) is 19.8 Å². The van der Waals surface area contributed by atoms with E-state index in [1.807, 2.05) is 34.6 Å². The summed E-state index contributed by atoms with van der Waals surface area (Å²) in [6, 6.07) is 5.86. The number of amides is 2. The third-order valence-electron chi connectivity index (χ3n) is 22.9. The van der Waals surface area contributed by atoms with Crippen molar-refractivity contribution in [1.29, 1.82) is 0 Å². The van der Waals surface area contributed by atoms with Gasteiger partial charge in [0.25, 0.3) is 5.91 Å². The number of ketones is 2. The fourth-order valence-corrected chi connectivity index (χ4v) is 17.5. The van der Waals surface area contributed by atoms with Crippen molar-refractivity contribution in [3.8, 4) is 11.5 Å². The summed E-state index contributed by atoms with van der Waals surface area (Å²) in [5.41, 5.74) is -2.43. The molecule has 0 saturated heterocycles. The van der Waals surface area contributed by atoms with Crippen molar-refractivity contribution in [3.63, 3.8) is 0 Å². The quantitative estimate of drug-likeness (QED) is 0.0253. The molecule has 4 bridgehead atoms. The van der Waals surface area contributed by atoms with Gasteiger partial charge in [0.1, 0.15) is 35.9 Å². The Kier molecular flexibility index (Phi) is 19.8. The molecule has 6 fully saturated rings. The third kappa shape index (κ3) is 12.8. The van der Waals surface area contributed by atoms with Crippen LogP contribution in [0.2, 0.25) is 0 Å². The molecule has 21 nitrogen and oxygen atoms in total. The lowest BCUT2D eigenvalue weighted by Gasteiger charge is -2.61. The van der Waals surface area contributed by atoms with E-state index >= 15 is 8.78 Å². The summed E-state index contributed by atoms with van der Waals surface area (Å²) in [6.07, 6.45) is 7.35. The Morgan fingerprint density at radius 2 is 1.07 bits per heavy atom. The molecule has 6 aliphatic carbocycles. The highest BCUT2D eigenvalue weighted by atomic mass is 19.1. The first-order chi connectivity index (χ1) is 42.6. The van der Waals surface area contributed by atoms with Gasteiger partial charge in [-0.05, 0) is 136 Å². The predicted molar refractivity (Wildman–Crippen MR) is 327 cm³/mol. The first-order valence-corrected chi connectivity index (χ1v) is 31.8. The van der Waals surface area contributed by atoms with Crippen LogP contribution in [0.5, 0.6) is 11.5 Å². The molecule has 2 aromatic carbocycles. The number of carbonyl (C=O) groups excluding carboxylic acids is 7. The molecule has 91 heavy (non-hydrogen) atoms. The van der Waals surface area contributed by atoms with E-state index < -0.39 is 143 Å². The van der Waals surface area contributed by atoms with Crippen LogP contribution in [-0.2, 0) is 70.3 Å². The Balaban J connectivity index is 0.000000218. The Morgan fingerprint density at radius 3 is 1.46 bits per heavy atom. The highest BCUT2D eigenvalue weighted by Gasteiger charge is 2.70. The molecular weight excluding hydrogens is 1180 g/mol. The number of halogens is 2. The minimum absolute atomic E-state index is 0.00930. The van der Waals surface area contributed by atoms with Gasteiger partial charge in [0, 0.05) is 63.3 Å². The maximum absolute atomic E-state index is 15.2. The van der Waals surface area contributed by atoms with Crippen LogP contribution in [0.25, 0.3) is 0 Å². The maximum Gasteiger partial charge on any atom is 0.494 e. The molecule has 496 valence electrons. The number of nitrogens with one attached hydrogen (secondary N) is 2. The number of hydrazine groups is 1. The van der Waals surface area contributed by atoms with Crippen molar-refractivity contribution >= 4 is 66.5 Å². The van der Waals surface area contributed by atoms with Gasteiger partial charge in [0.15, 0.2) is 36.3 Å². The van der Waals surface area contributed by atoms with Gasteiger partial charge in [0.2, 0.25) is 5.91 Å². The average molecular weight is 1270 g/mol. The fourth-order valence-electron chi connectivity index (χ4n) is 17.5. The minimum Gasteiger partial charge on any atom is -0.479 e. The minimum atomic E-state index is -1.43. The van der Waals surface area contributed by atoms with Gasteiger partial charge in [-0.2, -0.15) is 0 Å². The van der Waals surface area contributed by atoms with Crippen LogP contribution >= 0.6 is 0 Å². The van der Waals surface area contributed by atoms with Crippen LogP contribution in [0.3, 0.4) is 0 Å². The number of rotatable bonds is 14. The molecule has 8 N–H and O–H groups in total. The predicted octanol–water partition coefficient (Wildman–Crippen LogP) is 4.85. The number of benzene rings is 2. The van der Waals surface area contributed by atoms with Gasteiger partial charge in [-0.3, -0.25) is 29.4 Å². The van der Waals surface area contributed by atoms with Gasteiger partial charge in [0.05, 0.1) is 25.4 Å². The van der Waals surface area contributed by atoms with Crippen LogP contribution in [-0.4, -0.2) is 126 Å². The summed E-state index contributed by atoms with van der Waals surface area (Å²) in [7, 11) is -2.85. The van der Waals surface area contributed by atoms with Gasteiger partial charge in [-0.15, -0.1) is 0 Å². The third-order valence-corrected chi connectivity index (χ3v) is 22.9. The molecular formula is C66H89B2F2N3O18. The number of nitrogens with two attached hydrogens (primary N) is 1. The van der Waals surface area contributed by atoms with E-state index in [1.165, 1.54) is 24.3 Å². The summed E-state index contributed by atoms with van der Waals surface area (Å²) in [6.45, 7) is 19.4. The van der Waals surface area contributed by atoms with Gasteiger partial charge in [-0.1, -0.05) is 79.7 Å². The number of Topliss-reactive ketones (excluding diaryl/α,β-unsaturated/α-hetero) is 2. The summed E-state index contributed by atoms with van der Waals surface area (Å²) in [4.78, 5) is 91.4. The lowest BCUT2D eigenvalue weighted by Crippen LogP contribution is -2.63. The van der Waals surface area contributed by atoms with E-state index in [9.17, 15) is 53.8 Å². The molecule has 2 amide bonds. The SMILES string of the molecule is C[C@@H]1CC[C@@]23CCC(=O)[C@H]2[C@]1(C)[C@H](OC(=O)COc1ccc2c(c1F)B(O)OC2)C[C@@](C)(/C=C/C(=O)NCC(=O)OC(C)(C)C)[C@@H](O)[C@@H]3C.C[C@@H]1CC[C@@]23CCC(=O)[C@H]2[C@]1(C)[C@H](OC(=O)COc1ccc2c(c1F)B(O)OC2)C[C@@](C)(/C=C/C(=O)NN)[C@@H](O)[C@@H]3C. The highest BCUT2D eigenvalue weighted by Crippen LogP contribution is 2.70. The van der Waals surface area contributed by atoms with Crippen molar-refractivity contribution in [2.45, 2.75) is 184 Å². The first kappa shape index (κ1) is 69.3. The molecule has 8 aliphatic rings. The van der Waals surface area contributed by atoms with E-state index in [0.717, 1.165) is 25.7 Å². The maximum atomic E-state index is 15.2. The standard InChI is InChI=1S/C36H49BFNO10.C30H40BFN2O8/c1-20-10-14-36-15-11-23(40)31(36)35(20,7)25(48-28(43)19-46-24-9-8-22-18-47-37(45)29(22)30(24)38)16-34(6,32(44)21(36)2)13-12-26(41)39-17-27(42)49-33(3,4)5;1-16-7-11-30-12-8-19(35)26(30)29(16,4)21(13-28(3,27(38)17(30)2)10-9-22(36)34-33)42-23(37)15-40-20-6-5-18-14-41-31(39)24(18)25(20)32/h8-9,12-13,20-21,25,31-32,44-45H,10-11,14-19H2,1-7H3,(H,39,41);5-6,9-10,16-17,21,26-27,38-39H,7-8,11-15,33H2,1-4H3,(H,34,36)/b13-12+;10-9+/t20-,21+,25-,31+,32+,34-,35+,36+;16-,17+,21-,26+,27+,28-,29+,30+/m11/s1. The molecule has 10 rings (SSSR count). The van der Waals surface area contributed by atoms with Crippen LogP contribution in [0.1, 0.15) is 151 Å². The van der Waals surface area contributed by atoms with Gasteiger partial charge >= 0.3 is 32.1 Å². The summed E-state index contributed by atoms with van der Waals surface area (Å²) >= 11 is 0. The Morgan fingerprint density at radius 1 is 0.659 bits per heavy atom. The van der Waals surface area contributed by atoms with Crippen LogP contribution in [0.4, 0.5) is 8.78 Å². The van der Waals surface area contributed by atoms with E-state index in [4.69, 9.17) is 38.8 Å². The summed E-state index contributed by atoms with van der Waals surface area (Å²) < 4.78 is 69.0. The lowest BCUT2D eigenvalue weighted by atomic mass is 9.44. The topological polar surface area (TPSA) is 315 Å². The van der Waals surface area contributed by atoms with Crippen LogP contribution in [0.15, 0.2) is 48.6 Å². The summed E-state index contributed by atoms with van der Waals surface area (Å²) in [5, 5.41) is 46.4. The second kappa shape index (κ2) is 26.0. The zero-order chi connectivity index (χ0) is 66.7. The smallest absolute Gasteiger partial charge is 0.479 e. The molecule has 2 aromatic rings. The second-order valence-electron chi connectivity index (χ2n) is 29.0. The van der Waals surface area contributed by atoms with Crippen molar-refractivity contribution in [2.24, 2.45) is 73.8 Å². The molecule has 16 atom stereocenters. The number of hydrogen-bond donors (Lipinski definition) is 7. The molecule has 0 radical (unpaired) electrons. The molecule has 2 heterocycles. The first-order valence-electron chi connectivity index (χ1n) is 31.8. The zero-order valence-corrected chi connectivity index (χ0v) is 54.0. The monoisotopic (exact) mass is 1270 g/mol. The molecule has 25 heteroatoms. The zero-order valence-electron chi connectivity index (χ0n) is 54.0. The molecule has 0 aromatic heterocycles. The largest absolute Gasteiger partial charge is 0.494 e.